The van der Waals surface area contributed by atoms with Crippen molar-refractivity contribution in [3.63, 3.8) is 0 Å². The maximum atomic E-state index is 6.17. The number of hydrogen-bond donors (Lipinski definition) is 1. The standard InChI is InChI=1S/C14H21BrN2O/c1-11(2)17-7-6-14(4-3-5-14)18-13-8-12(15)9-16-10-13/h8-11,17H,3-7H2,1-2H3. The first-order valence-electron chi connectivity index (χ1n) is 6.63. The van der Waals surface area contributed by atoms with E-state index in [1.807, 2.05) is 6.07 Å². The minimum Gasteiger partial charge on any atom is -0.486 e. The monoisotopic (exact) mass is 312 g/mol. The van der Waals surface area contributed by atoms with E-state index in [0.29, 0.717) is 6.04 Å². The van der Waals surface area contributed by atoms with Crippen molar-refractivity contribution >= 4 is 15.9 Å². The molecular weight excluding hydrogens is 292 g/mol. The van der Waals surface area contributed by atoms with Crippen LogP contribution in [-0.4, -0.2) is 23.2 Å². The predicted molar refractivity (Wildman–Crippen MR) is 76.9 cm³/mol. The average Bonchev–Trinajstić information content (AvgIpc) is 2.25. The van der Waals surface area contributed by atoms with Crippen LogP contribution in [0.1, 0.15) is 39.5 Å². The number of ether oxygens (including phenoxy) is 1. The second-order valence-corrected chi connectivity index (χ2v) is 6.25. The summed E-state index contributed by atoms with van der Waals surface area (Å²) in [6, 6.07) is 2.53. The highest BCUT2D eigenvalue weighted by Crippen LogP contribution is 2.39. The summed E-state index contributed by atoms with van der Waals surface area (Å²) in [6.45, 7) is 5.36. The number of nitrogens with zero attached hydrogens (tertiary/aromatic N) is 1. The van der Waals surface area contributed by atoms with E-state index < -0.39 is 0 Å². The topological polar surface area (TPSA) is 34.1 Å². The van der Waals surface area contributed by atoms with Gasteiger partial charge in [0, 0.05) is 16.7 Å². The molecule has 0 amide bonds. The van der Waals surface area contributed by atoms with Crippen LogP contribution in [0.2, 0.25) is 0 Å². The molecule has 0 aliphatic heterocycles. The Labute approximate surface area is 117 Å². The number of pyridine rings is 1. The molecule has 0 aromatic carbocycles. The number of rotatable bonds is 6. The predicted octanol–water partition coefficient (Wildman–Crippen LogP) is 3.53. The van der Waals surface area contributed by atoms with E-state index in [4.69, 9.17) is 4.74 Å². The van der Waals surface area contributed by atoms with Crippen molar-refractivity contribution in [2.45, 2.75) is 51.2 Å². The molecule has 0 atom stereocenters. The van der Waals surface area contributed by atoms with Gasteiger partial charge in [0.1, 0.15) is 11.4 Å². The second kappa shape index (κ2) is 6.02. The quantitative estimate of drug-likeness (QED) is 0.872. The highest BCUT2D eigenvalue weighted by Gasteiger charge is 2.38. The van der Waals surface area contributed by atoms with Crippen LogP contribution >= 0.6 is 15.9 Å². The van der Waals surface area contributed by atoms with Gasteiger partial charge >= 0.3 is 0 Å². The molecular formula is C14H21BrN2O. The summed E-state index contributed by atoms with van der Waals surface area (Å²) in [5.74, 6) is 0.869. The van der Waals surface area contributed by atoms with Crippen LogP contribution in [-0.2, 0) is 0 Å². The van der Waals surface area contributed by atoms with Crippen LogP contribution in [0.3, 0.4) is 0 Å². The van der Waals surface area contributed by atoms with Gasteiger partial charge in [-0.2, -0.15) is 0 Å². The van der Waals surface area contributed by atoms with Crippen LogP contribution in [0.25, 0.3) is 0 Å². The van der Waals surface area contributed by atoms with Crippen molar-refractivity contribution in [1.82, 2.24) is 10.3 Å². The summed E-state index contributed by atoms with van der Waals surface area (Å²) in [5.41, 5.74) is 0.0321. The Morgan fingerprint density at radius 1 is 1.44 bits per heavy atom. The summed E-state index contributed by atoms with van der Waals surface area (Å²) < 4.78 is 7.14. The van der Waals surface area contributed by atoms with Gasteiger partial charge in [-0.1, -0.05) is 13.8 Å². The first-order chi connectivity index (χ1) is 8.60. The molecule has 1 aromatic rings. The van der Waals surface area contributed by atoms with Gasteiger partial charge in [-0.25, -0.2) is 0 Å². The lowest BCUT2D eigenvalue weighted by Crippen LogP contribution is -2.46. The van der Waals surface area contributed by atoms with Gasteiger partial charge in [-0.05, 0) is 54.2 Å². The molecule has 1 saturated carbocycles. The second-order valence-electron chi connectivity index (χ2n) is 5.34. The van der Waals surface area contributed by atoms with Gasteiger partial charge in [0.05, 0.1) is 6.20 Å². The van der Waals surface area contributed by atoms with Crippen molar-refractivity contribution < 1.29 is 4.74 Å². The first-order valence-corrected chi connectivity index (χ1v) is 7.42. The Bertz CT molecular complexity index is 391. The largest absolute Gasteiger partial charge is 0.486 e. The van der Waals surface area contributed by atoms with E-state index in [2.05, 4.69) is 40.1 Å². The van der Waals surface area contributed by atoms with Gasteiger partial charge in [-0.3, -0.25) is 4.98 Å². The van der Waals surface area contributed by atoms with Crippen molar-refractivity contribution in [3.8, 4) is 5.75 Å². The Morgan fingerprint density at radius 2 is 2.22 bits per heavy atom. The third-order valence-corrected chi connectivity index (χ3v) is 3.85. The van der Waals surface area contributed by atoms with Crippen LogP contribution in [0.15, 0.2) is 22.9 Å². The molecule has 4 heteroatoms. The zero-order valence-corrected chi connectivity index (χ0v) is 12.7. The van der Waals surface area contributed by atoms with Crippen molar-refractivity contribution in [2.75, 3.05) is 6.54 Å². The molecule has 1 aliphatic rings. The summed E-state index contributed by atoms with van der Waals surface area (Å²) in [5, 5.41) is 3.46. The molecule has 0 bridgehead atoms. The highest BCUT2D eigenvalue weighted by atomic mass is 79.9. The van der Waals surface area contributed by atoms with Gasteiger partial charge in [-0.15, -0.1) is 0 Å². The third-order valence-electron chi connectivity index (χ3n) is 3.41. The Morgan fingerprint density at radius 3 is 2.78 bits per heavy atom. The Kier molecular flexibility index (Phi) is 4.62. The fraction of sp³-hybridized carbons (Fsp3) is 0.643. The van der Waals surface area contributed by atoms with Crippen molar-refractivity contribution in [1.29, 1.82) is 0 Å². The van der Waals surface area contributed by atoms with Gasteiger partial charge < -0.3 is 10.1 Å². The molecule has 2 rings (SSSR count). The molecule has 0 saturated heterocycles. The highest BCUT2D eigenvalue weighted by molar-refractivity contribution is 9.10. The van der Waals surface area contributed by atoms with Gasteiger partial charge in [0.2, 0.25) is 0 Å². The van der Waals surface area contributed by atoms with Crippen LogP contribution in [0.4, 0.5) is 0 Å². The van der Waals surface area contributed by atoms with E-state index in [-0.39, 0.29) is 5.60 Å². The van der Waals surface area contributed by atoms with Crippen molar-refractivity contribution in [2.24, 2.45) is 0 Å². The molecule has 1 N–H and O–H groups in total. The lowest BCUT2D eigenvalue weighted by molar-refractivity contribution is -0.0148. The van der Waals surface area contributed by atoms with E-state index in [0.717, 1.165) is 36.0 Å². The summed E-state index contributed by atoms with van der Waals surface area (Å²) in [6.07, 6.45) is 8.21. The molecule has 100 valence electrons. The summed E-state index contributed by atoms with van der Waals surface area (Å²) in [4.78, 5) is 4.15. The summed E-state index contributed by atoms with van der Waals surface area (Å²) >= 11 is 3.43. The first kappa shape index (κ1) is 13.8. The molecule has 1 aliphatic carbocycles. The Balaban J connectivity index is 1.91. The zero-order valence-electron chi connectivity index (χ0n) is 11.1. The molecule has 1 fully saturated rings. The van der Waals surface area contributed by atoms with E-state index in [1.54, 1.807) is 12.4 Å². The number of nitrogens with one attached hydrogen (secondary N) is 1. The smallest absolute Gasteiger partial charge is 0.139 e. The van der Waals surface area contributed by atoms with E-state index >= 15 is 0 Å². The minimum atomic E-state index is 0.0321. The molecule has 3 nitrogen and oxygen atoms in total. The SMILES string of the molecule is CC(C)NCCC1(Oc2cncc(Br)c2)CCC1. The fourth-order valence-corrected chi connectivity index (χ4v) is 2.60. The maximum absolute atomic E-state index is 6.17. The lowest BCUT2D eigenvalue weighted by atomic mass is 9.77. The lowest BCUT2D eigenvalue weighted by Gasteiger charge is -2.42. The number of aromatic nitrogens is 1. The van der Waals surface area contributed by atoms with Gasteiger partial charge in [0.25, 0.3) is 0 Å². The average molecular weight is 313 g/mol. The van der Waals surface area contributed by atoms with Gasteiger partial charge in [0.15, 0.2) is 0 Å². The Hall–Kier alpha value is -0.610. The normalized spacial score (nSPS) is 17.6. The maximum Gasteiger partial charge on any atom is 0.139 e. The zero-order chi connectivity index (χ0) is 13.0. The minimum absolute atomic E-state index is 0.0321. The molecule has 0 unspecified atom stereocenters. The summed E-state index contributed by atoms with van der Waals surface area (Å²) in [7, 11) is 0. The number of halogens is 1. The van der Waals surface area contributed by atoms with Crippen LogP contribution in [0.5, 0.6) is 5.75 Å². The van der Waals surface area contributed by atoms with Crippen LogP contribution < -0.4 is 10.1 Å². The molecule has 0 spiro atoms. The molecule has 18 heavy (non-hydrogen) atoms. The number of hydrogen-bond acceptors (Lipinski definition) is 3. The van der Waals surface area contributed by atoms with E-state index in [1.165, 1.54) is 6.42 Å². The fourth-order valence-electron chi connectivity index (χ4n) is 2.26. The molecule has 1 heterocycles. The molecule has 0 radical (unpaired) electrons. The van der Waals surface area contributed by atoms with Crippen LogP contribution in [0, 0.1) is 0 Å². The third kappa shape index (κ3) is 3.69. The van der Waals surface area contributed by atoms with Crippen molar-refractivity contribution in [3.05, 3.63) is 22.9 Å². The molecule has 1 aromatic heterocycles. The van der Waals surface area contributed by atoms with E-state index in [9.17, 15) is 0 Å².